The molecule has 0 heterocycles. The fraction of sp³-hybridized carbons (Fsp3) is 0.250. The first-order valence-electron chi connectivity index (χ1n) is 11.9. The molecule has 0 saturated carbocycles. The number of amides is 2. The predicted octanol–water partition coefficient (Wildman–Crippen LogP) is 6.19. The summed E-state index contributed by atoms with van der Waals surface area (Å²) in [5, 5.41) is 7.56. The van der Waals surface area contributed by atoms with Crippen molar-refractivity contribution in [2.24, 2.45) is 5.10 Å². The molecule has 0 bridgehead atoms. The zero-order chi connectivity index (χ0) is 27.7. The molecule has 2 N–H and O–H groups in total. The van der Waals surface area contributed by atoms with E-state index in [1.807, 2.05) is 62.4 Å². The molecule has 0 saturated heterocycles. The van der Waals surface area contributed by atoms with Gasteiger partial charge in [0, 0.05) is 11.4 Å². The number of halogens is 3. The van der Waals surface area contributed by atoms with Crippen molar-refractivity contribution in [1.82, 2.24) is 10.7 Å². The van der Waals surface area contributed by atoms with Crippen molar-refractivity contribution >= 4 is 57.2 Å². The number of carbonyl (C=O) groups is 2. The summed E-state index contributed by atoms with van der Waals surface area (Å²) >= 11 is 15.6. The van der Waals surface area contributed by atoms with E-state index in [4.69, 9.17) is 32.7 Å². The monoisotopic (exact) mass is 619 g/mol. The van der Waals surface area contributed by atoms with Crippen LogP contribution in [0.4, 0.5) is 0 Å². The van der Waals surface area contributed by atoms with E-state index in [2.05, 4.69) is 31.8 Å². The molecule has 3 rings (SSSR count). The molecular formula is C28H28BrCl2N3O4. The van der Waals surface area contributed by atoms with E-state index in [-0.39, 0.29) is 17.5 Å². The molecule has 2 atom stereocenters. The third-order valence-electron chi connectivity index (χ3n) is 5.19. The van der Waals surface area contributed by atoms with Crippen LogP contribution in [0.2, 0.25) is 10.0 Å². The van der Waals surface area contributed by atoms with Crippen LogP contribution in [0.3, 0.4) is 0 Å². The lowest BCUT2D eigenvalue weighted by molar-refractivity contribution is -0.132. The highest BCUT2D eigenvalue weighted by atomic mass is 79.9. The van der Waals surface area contributed by atoms with Crippen LogP contribution >= 0.6 is 39.1 Å². The summed E-state index contributed by atoms with van der Waals surface area (Å²) in [5.41, 5.74) is 4.14. The Balaban J connectivity index is 1.68. The predicted molar refractivity (Wildman–Crippen MR) is 154 cm³/mol. The number of carbonyl (C=O) groups excluding carboxylic acids is 2. The fourth-order valence-electron chi connectivity index (χ4n) is 3.36. The molecule has 3 aromatic rings. The number of hydrogen-bond acceptors (Lipinski definition) is 5. The average Bonchev–Trinajstić information content (AvgIpc) is 2.87. The molecule has 0 spiro atoms. The van der Waals surface area contributed by atoms with Crippen LogP contribution in [0.5, 0.6) is 11.5 Å². The Hall–Kier alpha value is -3.07. The smallest absolute Gasteiger partial charge is 0.262 e. The van der Waals surface area contributed by atoms with Gasteiger partial charge < -0.3 is 14.8 Å². The lowest BCUT2D eigenvalue weighted by atomic mass is 10.1. The third kappa shape index (κ3) is 9.04. The van der Waals surface area contributed by atoms with Crippen molar-refractivity contribution in [3.63, 3.8) is 0 Å². The standard InChI is InChI=1S/C28H28BrCl2N3O4/c1-17(2)37-25-11-9-20(13-22(25)29)16-32-34-28(36)24(14-19-7-5-4-6-8-19)33-27(35)18(3)38-26-12-10-21(30)15-23(26)31/h4-13,15-18,24H,14H2,1-3H3,(H,33,35)(H,34,36)/b32-16-/t18-,24-/m0/s1. The second-order valence-electron chi connectivity index (χ2n) is 8.68. The number of rotatable bonds is 11. The van der Waals surface area contributed by atoms with Crippen LogP contribution < -0.4 is 20.2 Å². The van der Waals surface area contributed by atoms with Crippen molar-refractivity contribution in [3.05, 3.63) is 92.4 Å². The van der Waals surface area contributed by atoms with E-state index in [0.717, 1.165) is 15.6 Å². The maximum atomic E-state index is 13.0. The highest BCUT2D eigenvalue weighted by Gasteiger charge is 2.25. The van der Waals surface area contributed by atoms with Gasteiger partial charge in [-0.15, -0.1) is 0 Å². The number of hydrogen-bond donors (Lipinski definition) is 2. The Labute approximate surface area is 240 Å². The minimum atomic E-state index is -0.924. The molecule has 38 heavy (non-hydrogen) atoms. The maximum Gasteiger partial charge on any atom is 0.262 e. The van der Waals surface area contributed by atoms with E-state index < -0.39 is 24.0 Å². The van der Waals surface area contributed by atoms with E-state index in [0.29, 0.717) is 16.5 Å². The molecular weight excluding hydrogens is 593 g/mol. The summed E-state index contributed by atoms with van der Waals surface area (Å²) in [6.45, 7) is 5.46. The number of nitrogens with zero attached hydrogens (tertiary/aromatic N) is 1. The van der Waals surface area contributed by atoms with Gasteiger partial charge in [0.1, 0.15) is 17.5 Å². The van der Waals surface area contributed by atoms with Gasteiger partial charge in [0.15, 0.2) is 6.10 Å². The second-order valence-corrected chi connectivity index (χ2v) is 10.4. The molecule has 0 aliphatic rings. The van der Waals surface area contributed by atoms with Crippen LogP contribution in [0.1, 0.15) is 31.9 Å². The van der Waals surface area contributed by atoms with Gasteiger partial charge >= 0.3 is 0 Å². The molecule has 7 nitrogen and oxygen atoms in total. The summed E-state index contributed by atoms with van der Waals surface area (Å²) < 4.78 is 12.2. The molecule has 0 unspecified atom stereocenters. The number of benzene rings is 3. The molecule has 10 heteroatoms. The highest BCUT2D eigenvalue weighted by Crippen LogP contribution is 2.28. The lowest BCUT2D eigenvalue weighted by Gasteiger charge is -2.21. The number of nitrogens with one attached hydrogen (secondary N) is 2. The number of hydrazone groups is 1. The van der Waals surface area contributed by atoms with Gasteiger partial charge in [0.05, 0.1) is 21.8 Å². The van der Waals surface area contributed by atoms with E-state index in [1.165, 1.54) is 12.3 Å². The van der Waals surface area contributed by atoms with E-state index in [9.17, 15) is 9.59 Å². The zero-order valence-electron chi connectivity index (χ0n) is 21.1. The van der Waals surface area contributed by atoms with Gasteiger partial charge in [-0.25, -0.2) is 5.43 Å². The summed E-state index contributed by atoms with van der Waals surface area (Å²) in [4.78, 5) is 26.0. The second kappa shape index (κ2) is 14.2. The van der Waals surface area contributed by atoms with Gasteiger partial charge in [0.25, 0.3) is 11.8 Å². The Bertz CT molecular complexity index is 1290. The molecule has 0 aliphatic heterocycles. The Morgan fingerprint density at radius 2 is 1.66 bits per heavy atom. The van der Waals surface area contributed by atoms with Gasteiger partial charge in [-0.05, 0) is 84.2 Å². The number of ether oxygens (including phenoxy) is 2. The highest BCUT2D eigenvalue weighted by molar-refractivity contribution is 9.10. The van der Waals surface area contributed by atoms with Crippen LogP contribution in [0.25, 0.3) is 0 Å². The van der Waals surface area contributed by atoms with Gasteiger partial charge in [-0.2, -0.15) is 5.10 Å². The van der Waals surface area contributed by atoms with Gasteiger partial charge in [-0.3, -0.25) is 9.59 Å². The first kappa shape index (κ1) is 29.5. The largest absolute Gasteiger partial charge is 0.490 e. The van der Waals surface area contributed by atoms with Crippen molar-refractivity contribution in [3.8, 4) is 11.5 Å². The van der Waals surface area contributed by atoms with Crippen molar-refractivity contribution in [2.45, 2.75) is 45.4 Å². The molecule has 2 amide bonds. The average molecular weight is 621 g/mol. The molecule has 0 fully saturated rings. The van der Waals surface area contributed by atoms with Crippen LogP contribution in [0.15, 0.2) is 76.3 Å². The normalized spacial score (nSPS) is 12.7. The van der Waals surface area contributed by atoms with E-state index >= 15 is 0 Å². The fourth-order valence-corrected chi connectivity index (χ4v) is 4.30. The summed E-state index contributed by atoms with van der Waals surface area (Å²) in [7, 11) is 0. The summed E-state index contributed by atoms with van der Waals surface area (Å²) in [6.07, 6.45) is 0.887. The van der Waals surface area contributed by atoms with Crippen molar-refractivity contribution < 1.29 is 19.1 Å². The first-order valence-corrected chi connectivity index (χ1v) is 13.4. The molecule has 0 aromatic heterocycles. The molecule has 0 aliphatic carbocycles. The molecule has 200 valence electrons. The van der Waals surface area contributed by atoms with Crippen LogP contribution in [-0.2, 0) is 16.0 Å². The van der Waals surface area contributed by atoms with Gasteiger partial charge in [0.2, 0.25) is 0 Å². The van der Waals surface area contributed by atoms with Crippen LogP contribution in [0, 0.1) is 0 Å². The van der Waals surface area contributed by atoms with E-state index in [1.54, 1.807) is 19.1 Å². The summed E-state index contributed by atoms with van der Waals surface area (Å²) in [5.74, 6) is 0.0566. The SMILES string of the molecule is CC(C)Oc1ccc(/C=N\NC(=O)[C@H](Cc2ccccc2)NC(=O)[C@H](C)Oc2ccc(Cl)cc2Cl)cc1Br. The Kier molecular flexibility index (Phi) is 11.0. The topological polar surface area (TPSA) is 89.0 Å². The molecule has 0 radical (unpaired) electrons. The Morgan fingerprint density at radius 3 is 2.32 bits per heavy atom. The van der Waals surface area contributed by atoms with Crippen molar-refractivity contribution in [1.29, 1.82) is 0 Å². The summed E-state index contributed by atoms with van der Waals surface area (Å²) in [6, 6.07) is 18.6. The minimum Gasteiger partial charge on any atom is -0.490 e. The van der Waals surface area contributed by atoms with Gasteiger partial charge in [-0.1, -0.05) is 53.5 Å². The lowest BCUT2D eigenvalue weighted by Crippen LogP contribution is -2.50. The zero-order valence-corrected chi connectivity index (χ0v) is 24.2. The Morgan fingerprint density at radius 1 is 0.947 bits per heavy atom. The third-order valence-corrected chi connectivity index (χ3v) is 6.34. The quantitative estimate of drug-likeness (QED) is 0.198. The first-order chi connectivity index (χ1) is 18.1. The maximum absolute atomic E-state index is 13.0. The van der Waals surface area contributed by atoms with Crippen LogP contribution in [-0.4, -0.2) is 36.3 Å². The molecule has 3 aromatic carbocycles. The van der Waals surface area contributed by atoms with Crippen molar-refractivity contribution in [2.75, 3.05) is 0 Å². The minimum absolute atomic E-state index is 0.0400.